The zero-order valence-corrected chi connectivity index (χ0v) is 16.5. The standard InChI is InChI=1S/C17H27N3O2S2/c1-12(2)9-14(16(22)18-6-7-19(3)4)20-15(21)11-24-17(20)13-5-8-23-10-13/h5,8,10,12,14,17H,6-7,9,11H2,1-4H3,(H,18,22)/p+1/t14-,17+/m0/s1. The number of hydrogen-bond acceptors (Lipinski definition) is 4. The van der Waals surface area contributed by atoms with Gasteiger partial charge in [-0.15, -0.1) is 11.8 Å². The van der Waals surface area contributed by atoms with Crippen LogP contribution in [0.2, 0.25) is 0 Å². The highest BCUT2D eigenvalue weighted by Crippen LogP contribution is 2.41. The number of likely N-dealkylation sites (N-methyl/N-ethyl adjacent to an activating group) is 1. The van der Waals surface area contributed by atoms with E-state index in [1.165, 1.54) is 4.90 Å². The third-order valence-electron chi connectivity index (χ3n) is 3.99. The van der Waals surface area contributed by atoms with Crippen molar-refractivity contribution in [1.82, 2.24) is 10.2 Å². The van der Waals surface area contributed by atoms with Crippen LogP contribution in [0.5, 0.6) is 0 Å². The average Bonchev–Trinajstić information content (AvgIpc) is 3.13. The van der Waals surface area contributed by atoms with Crippen LogP contribution < -0.4 is 10.2 Å². The molecule has 1 saturated heterocycles. The highest BCUT2D eigenvalue weighted by Gasteiger charge is 2.41. The van der Waals surface area contributed by atoms with Crippen molar-refractivity contribution < 1.29 is 14.5 Å². The van der Waals surface area contributed by atoms with Gasteiger partial charge in [-0.25, -0.2) is 0 Å². The van der Waals surface area contributed by atoms with Gasteiger partial charge in [0.2, 0.25) is 11.8 Å². The molecular weight excluding hydrogens is 342 g/mol. The maximum atomic E-state index is 12.8. The Balaban J connectivity index is 2.15. The number of amides is 2. The number of thiophene rings is 1. The summed E-state index contributed by atoms with van der Waals surface area (Å²) < 4.78 is 0. The first kappa shape index (κ1) is 19.3. The van der Waals surface area contributed by atoms with E-state index in [9.17, 15) is 9.59 Å². The fourth-order valence-corrected chi connectivity index (χ4v) is 4.77. The minimum Gasteiger partial charge on any atom is -0.349 e. The van der Waals surface area contributed by atoms with Crippen LogP contribution in [-0.4, -0.2) is 55.7 Å². The van der Waals surface area contributed by atoms with E-state index >= 15 is 0 Å². The number of carbonyl (C=O) groups is 2. The number of hydrogen-bond donors (Lipinski definition) is 2. The van der Waals surface area contributed by atoms with Crippen LogP contribution in [0.15, 0.2) is 16.8 Å². The topological polar surface area (TPSA) is 53.9 Å². The van der Waals surface area contributed by atoms with Crippen LogP contribution in [0.3, 0.4) is 0 Å². The summed E-state index contributed by atoms with van der Waals surface area (Å²) in [6, 6.07) is 1.66. The third-order valence-corrected chi connectivity index (χ3v) is 5.92. The van der Waals surface area contributed by atoms with Crippen molar-refractivity contribution in [1.29, 1.82) is 0 Å². The van der Waals surface area contributed by atoms with Gasteiger partial charge in [-0.05, 0) is 34.7 Å². The normalized spacial score (nSPS) is 19.3. The van der Waals surface area contributed by atoms with E-state index in [2.05, 4.69) is 38.6 Å². The molecule has 2 heterocycles. The zero-order valence-electron chi connectivity index (χ0n) is 14.9. The van der Waals surface area contributed by atoms with Gasteiger partial charge in [-0.2, -0.15) is 11.3 Å². The number of thioether (sulfide) groups is 1. The summed E-state index contributed by atoms with van der Waals surface area (Å²) in [5, 5.41) is 7.07. The molecule has 2 amide bonds. The lowest BCUT2D eigenvalue weighted by Gasteiger charge is -2.32. The molecule has 2 atom stereocenters. The number of quaternary nitrogens is 1. The van der Waals surface area contributed by atoms with Crippen LogP contribution >= 0.6 is 23.1 Å². The minimum absolute atomic E-state index is 0.0268. The highest BCUT2D eigenvalue weighted by atomic mass is 32.2. The van der Waals surface area contributed by atoms with Crippen molar-refractivity contribution in [2.24, 2.45) is 5.92 Å². The van der Waals surface area contributed by atoms with Crippen molar-refractivity contribution in [3.8, 4) is 0 Å². The maximum absolute atomic E-state index is 12.8. The van der Waals surface area contributed by atoms with Gasteiger partial charge in [0.15, 0.2) is 0 Å². The molecule has 0 bridgehead atoms. The van der Waals surface area contributed by atoms with Crippen molar-refractivity contribution in [3.63, 3.8) is 0 Å². The molecule has 1 aromatic heterocycles. The van der Waals surface area contributed by atoms with E-state index in [1.54, 1.807) is 23.1 Å². The van der Waals surface area contributed by atoms with E-state index in [-0.39, 0.29) is 17.2 Å². The SMILES string of the molecule is CC(C)C[C@@H](C(=O)NCC[NH+](C)C)N1C(=O)CS[C@@H]1c1ccsc1. The molecule has 2 rings (SSSR count). The molecule has 5 nitrogen and oxygen atoms in total. The first-order valence-corrected chi connectivity index (χ1v) is 10.4. The largest absolute Gasteiger partial charge is 0.349 e. The Morgan fingerprint density at radius 1 is 1.46 bits per heavy atom. The second-order valence-electron chi connectivity index (χ2n) is 6.91. The van der Waals surface area contributed by atoms with E-state index in [4.69, 9.17) is 0 Å². The van der Waals surface area contributed by atoms with Crippen molar-refractivity contribution in [3.05, 3.63) is 22.4 Å². The summed E-state index contributed by atoms with van der Waals surface area (Å²) in [6.45, 7) is 5.69. The Labute approximate surface area is 152 Å². The molecule has 7 heteroatoms. The van der Waals surface area contributed by atoms with Crippen molar-refractivity contribution in [2.45, 2.75) is 31.7 Å². The van der Waals surface area contributed by atoms with Crippen LogP contribution in [-0.2, 0) is 9.59 Å². The van der Waals surface area contributed by atoms with Gasteiger partial charge in [-0.1, -0.05) is 13.8 Å². The fraction of sp³-hybridized carbons (Fsp3) is 0.647. The second kappa shape index (κ2) is 8.87. The summed E-state index contributed by atoms with van der Waals surface area (Å²) in [7, 11) is 4.12. The minimum atomic E-state index is -0.394. The van der Waals surface area contributed by atoms with Gasteiger partial charge >= 0.3 is 0 Å². The number of rotatable bonds is 8. The molecule has 0 aliphatic carbocycles. The Morgan fingerprint density at radius 2 is 2.21 bits per heavy atom. The first-order chi connectivity index (χ1) is 11.4. The van der Waals surface area contributed by atoms with Gasteiger partial charge in [0.25, 0.3) is 0 Å². The molecular formula is C17H28N3O2S2+. The predicted octanol–water partition coefficient (Wildman–Crippen LogP) is 0.998. The van der Waals surface area contributed by atoms with Crippen LogP contribution in [0.1, 0.15) is 31.2 Å². The van der Waals surface area contributed by atoms with Crippen LogP contribution in [0.4, 0.5) is 0 Å². The Bertz CT molecular complexity index is 546. The van der Waals surface area contributed by atoms with Crippen LogP contribution in [0, 0.1) is 5.92 Å². The first-order valence-electron chi connectivity index (χ1n) is 8.41. The van der Waals surface area contributed by atoms with Gasteiger partial charge < -0.3 is 15.1 Å². The molecule has 0 spiro atoms. The summed E-state index contributed by atoms with van der Waals surface area (Å²) in [4.78, 5) is 28.4. The average molecular weight is 371 g/mol. The number of carbonyl (C=O) groups excluding carboxylic acids is 2. The lowest BCUT2D eigenvalue weighted by atomic mass is 10.0. The number of nitrogens with zero attached hydrogens (tertiary/aromatic N) is 1. The van der Waals surface area contributed by atoms with E-state index < -0.39 is 6.04 Å². The summed E-state index contributed by atoms with van der Waals surface area (Å²) in [6.07, 6.45) is 0.688. The van der Waals surface area contributed by atoms with Gasteiger partial charge in [0.05, 0.1) is 32.9 Å². The fourth-order valence-electron chi connectivity index (χ4n) is 2.79. The molecule has 134 valence electrons. The predicted molar refractivity (Wildman–Crippen MR) is 100 cm³/mol. The maximum Gasteiger partial charge on any atom is 0.243 e. The lowest BCUT2D eigenvalue weighted by molar-refractivity contribution is -0.856. The summed E-state index contributed by atoms with van der Waals surface area (Å²) in [5.41, 5.74) is 1.12. The molecule has 1 aliphatic rings. The quantitative estimate of drug-likeness (QED) is 0.718. The second-order valence-corrected chi connectivity index (χ2v) is 8.76. The molecule has 1 aliphatic heterocycles. The van der Waals surface area contributed by atoms with E-state index in [0.29, 0.717) is 24.6 Å². The summed E-state index contributed by atoms with van der Waals surface area (Å²) in [5.74, 6) is 0.836. The highest BCUT2D eigenvalue weighted by molar-refractivity contribution is 8.00. The van der Waals surface area contributed by atoms with Gasteiger partial charge in [0, 0.05) is 0 Å². The molecule has 0 saturated carbocycles. The summed E-state index contributed by atoms with van der Waals surface area (Å²) >= 11 is 3.24. The number of nitrogens with one attached hydrogen (secondary N) is 2. The molecule has 0 radical (unpaired) electrons. The molecule has 24 heavy (non-hydrogen) atoms. The Morgan fingerprint density at radius 3 is 2.79 bits per heavy atom. The molecule has 2 N–H and O–H groups in total. The molecule has 1 fully saturated rings. The zero-order chi connectivity index (χ0) is 17.7. The van der Waals surface area contributed by atoms with E-state index in [1.807, 2.05) is 16.3 Å². The van der Waals surface area contributed by atoms with E-state index in [0.717, 1.165) is 12.1 Å². The molecule has 0 unspecified atom stereocenters. The monoisotopic (exact) mass is 370 g/mol. The van der Waals surface area contributed by atoms with Crippen LogP contribution in [0.25, 0.3) is 0 Å². The molecule has 0 aromatic carbocycles. The Kier molecular flexibility index (Phi) is 7.13. The van der Waals surface area contributed by atoms with Gasteiger partial charge in [-0.3, -0.25) is 9.59 Å². The third kappa shape index (κ3) is 4.97. The smallest absolute Gasteiger partial charge is 0.243 e. The van der Waals surface area contributed by atoms with Gasteiger partial charge in [0.1, 0.15) is 11.4 Å². The lowest BCUT2D eigenvalue weighted by Crippen LogP contribution is -3.06. The molecule has 1 aromatic rings. The Hall–Kier alpha value is -1.05. The van der Waals surface area contributed by atoms with Crippen molar-refractivity contribution >= 4 is 34.9 Å². The van der Waals surface area contributed by atoms with Crippen molar-refractivity contribution in [2.75, 3.05) is 32.9 Å².